The topological polar surface area (TPSA) is 47.9 Å². The first-order valence-electron chi connectivity index (χ1n) is 6.37. The van der Waals surface area contributed by atoms with Gasteiger partial charge in [0.15, 0.2) is 6.29 Å². The van der Waals surface area contributed by atoms with Gasteiger partial charge in [-0.05, 0) is 0 Å². The molecule has 5 atom stereocenters. The van der Waals surface area contributed by atoms with Gasteiger partial charge in [-0.25, -0.2) is 0 Å². The number of hydrogen-bond donors (Lipinski definition) is 1. The normalized spacial score (nSPS) is 40.2. The molecule has 2 aliphatic rings. The molecule has 4 nitrogen and oxygen atoms in total. The fourth-order valence-electron chi connectivity index (χ4n) is 2.53. The van der Waals surface area contributed by atoms with E-state index in [0.717, 1.165) is 5.56 Å². The first-order valence-corrected chi connectivity index (χ1v) is 6.37. The van der Waals surface area contributed by atoms with Crippen molar-refractivity contribution >= 4 is 0 Å². The van der Waals surface area contributed by atoms with Gasteiger partial charge < -0.3 is 19.3 Å². The zero-order valence-electron chi connectivity index (χ0n) is 10.4. The van der Waals surface area contributed by atoms with Crippen LogP contribution in [-0.4, -0.2) is 36.6 Å². The first kappa shape index (κ1) is 12.1. The van der Waals surface area contributed by atoms with E-state index in [0.29, 0.717) is 13.2 Å². The van der Waals surface area contributed by atoms with Crippen LogP contribution in [0.4, 0.5) is 0 Å². The van der Waals surface area contributed by atoms with Crippen molar-refractivity contribution in [2.45, 2.75) is 31.5 Å². The van der Waals surface area contributed by atoms with E-state index in [9.17, 15) is 5.11 Å². The van der Waals surface area contributed by atoms with Gasteiger partial charge in [-0.15, -0.1) is 0 Å². The van der Waals surface area contributed by atoms with Crippen LogP contribution in [0.2, 0.25) is 0 Å². The maximum Gasteiger partial charge on any atom is 0.184 e. The molecule has 0 spiro atoms. The Morgan fingerprint density at radius 2 is 1.89 bits per heavy atom. The minimum Gasteiger partial charge on any atom is -0.390 e. The molecule has 1 aromatic carbocycles. The third-order valence-corrected chi connectivity index (χ3v) is 3.74. The molecule has 0 bridgehead atoms. The molecule has 1 N–H and O–H groups in total. The molecule has 2 heterocycles. The molecule has 0 saturated carbocycles. The lowest BCUT2D eigenvalue weighted by molar-refractivity contribution is -0.302. The predicted molar refractivity (Wildman–Crippen MR) is 64.9 cm³/mol. The molecule has 4 heteroatoms. The summed E-state index contributed by atoms with van der Waals surface area (Å²) >= 11 is 0. The summed E-state index contributed by atoms with van der Waals surface area (Å²) in [6.07, 6.45) is -0.986. The molecule has 1 aromatic rings. The molecule has 0 aliphatic carbocycles. The summed E-state index contributed by atoms with van der Waals surface area (Å²) in [5, 5.41) is 9.83. The van der Waals surface area contributed by atoms with Gasteiger partial charge in [0.1, 0.15) is 6.10 Å². The largest absolute Gasteiger partial charge is 0.390 e. The van der Waals surface area contributed by atoms with Crippen LogP contribution in [0.25, 0.3) is 0 Å². The van der Waals surface area contributed by atoms with Crippen LogP contribution in [0.1, 0.15) is 18.8 Å². The van der Waals surface area contributed by atoms with Crippen molar-refractivity contribution in [3.05, 3.63) is 35.9 Å². The lowest BCUT2D eigenvalue weighted by atomic mass is 9.91. The Labute approximate surface area is 106 Å². The van der Waals surface area contributed by atoms with Gasteiger partial charge in [0, 0.05) is 11.5 Å². The summed E-state index contributed by atoms with van der Waals surface area (Å²) in [6.45, 7) is 2.88. The molecule has 2 fully saturated rings. The third-order valence-electron chi connectivity index (χ3n) is 3.74. The average Bonchev–Trinajstić information content (AvgIpc) is 2.44. The summed E-state index contributed by atoms with van der Waals surface area (Å²) in [5.41, 5.74) is 1.00. The van der Waals surface area contributed by atoms with E-state index in [1.807, 2.05) is 37.3 Å². The highest BCUT2D eigenvalue weighted by molar-refractivity contribution is 5.16. The lowest BCUT2D eigenvalue weighted by Crippen LogP contribution is -2.54. The van der Waals surface area contributed by atoms with Crippen LogP contribution < -0.4 is 0 Å². The quantitative estimate of drug-likeness (QED) is 0.820. The molecule has 18 heavy (non-hydrogen) atoms. The number of aliphatic hydroxyl groups is 1. The van der Waals surface area contributed by atoms with Crippen molar-refractivity contribution in [2.24, 2.45) is 5.92 Å². The summed E-state index contributed by atoms with van der Waals surface area (Å²) in [7, 11) is 0. The number of ether oxygens (including phenoxy) is 3. The number of hydrogen-bond acceptors (Lipinski definition) is 4. The van der Waals surface area contributed by atoms with Crippen molar-refractivity contribution in [3.8, 4) is 0 Å². The van der Waals surface area contributed by atoms with Gasteiger partial charge >= 0.3 is 0 Å². The molecular weight excluding hydrogens is 232 g/mol. The lowest BCUT2D eigenvalue weighted by Gasteiger charge is -2.44. The Balaban J connectivity index is 1.75. The van der Waals surface area contributed by atoms with Gasteiger partial charge in [-0.3, -0.25) is 0 Å². The van der Waals surface area contributed by atoms with Crippen molar-refractivity contribution in [1.82, 2.24) is 0 Å². The predicted octanol–water partition coefficient (Wildman–Crippen LogP) is 1.50. The van der Waals surface area contributed by atoms with Gasteiger partial charge in [-0.2, -0.15) is 0 Å². The molecule has 2 saturated heterocycles. The monoisotopic (exact) mass is 250 g/mol. The van der Waals surface area contributed by atoms with Gasteiger partial charge in [-0.1, -0.05) is 37.3 Å². The average molecular weight is 250 g/mol. The van der Waals surface area contributed by atoms with Gasteiger partial charge in [0.05, 0.1) is 25.4 Å². The SMILES string of the molecule is CC1[C@@H]2OC(c3ccccc3)OCC2OC[C@H]1O. The van der Waals surface area contributed by atoms with Crippen LogP contribution in [0.3, 0.4) is 0 Å². The van der Waals surface area contributed by atoms with Crippen LogP contribution in [-0.2, 0) is 14.2 Å². The molecule has 0 amide bonds. The molecular formula is C14H18O4. The number of benzene rings is 1. The van der Waals surface area contributed by atoms with E-state index in [-0.39, 0.29) is 24.4 Å². The van der Waals surface area contributed by atoms with Crippen molar-refractivity contribution < 1.29 is 19.3 Å². The highest BCUT2D eigenvalue weighted by Gasteiger charge is 2.42. The van der Waals surface area contributed by atoms with Crippen molar-refractivity contribution in [3.63, 3.8) is 0 Å². The molecule has 0 radical (unpaired) electrons. The van der Waals surface area contributed by atoms with E-state index in [4.69, 9.17) is 14.2 Å². The second-order valence-electron chi connectivity index (χ2n) is 4.97. The zero-order chi connectivity index (χ0) is 12.5. The maximum atomic E-state index is 9.83. The fourth-order valence-corrected chi connectivity index (χ4v) is 2.53. The number of rotatable bonds is 1. The third kappa shape index (κ3) is 2.17. The number of fused-ring (bicyclic) bond motifs is 1. The molecule has 98 valence electrons. The Hall–Kier alpha value is -0.940. The van der Waals surface area contributed by atoms with E-state index < -0.39 is 6.10 Å². The minimum absolute atomic E-state index is 0.0663. The Morgan fingerprint density at radius 1 is 1.11 bits per heavy atom. The van der Waals surface area contributed by atoms with Crippen LogP contribution in [0.5, 0.6) is 0 Å². The standard InChI is InChI=1S/C14H18O4/c1-9-11(15)7-16-12-8-17-14(18-13(9)12)10-5-3-2-4-6-10/h2-6,9,11-15H,7-8H2,1H3/t9?,11-,12?,13+,14?/m1/s1. The van der Waals surface area contributed by atoms with Crippen LogP contribution in [0.15, 0.2) is 30.3 Å². The van der Waals surface area contributed by atoms with Crippen molar-refractivity contribution in [2.75, 3.05) is 13.2 Å². The second kappa shape index (κ2) is 4.97. The molecule has 3 unspecified atom stereocenters. The maximum absolute atomic E-state index is 9.83. The zero-order valence-corrected chi connectivity index (χ0v) is 10.4. The van der Waals surface area contributed by atoms with Crippen molar-refractivity contribution in [1.29, 1.82) is 0 Å². The fraction of sp³-hybridized carbons (Fsp3) is 0.571. The first-order chi connectivity index (χ1) is 8.75. The molecule has 3 rings (SSSR count). The van der Waals surface area contributed by atoms with E-state index in [2.05, 4.69) is 0 Å². The molecule has 2 aliphatic heterocycles. The second-order valence-corrected chi connectivity index (χ2v) is 4.97. The molecule has 0 aromatic heterocycles. The Kier molecular flexibility index (Phi) is 3.35. The summed E-state index contributed by atoms with van der Waals surface area (Å²) in [6, 6.07) is 9.85. The van der Waals surface area contributed by atoms with E-state index in [1.165, 1.54) is 0 Å². The summed E-state index contributed by atoms with van der Waals surface area (Å²) in [5.74, 6) is 0.0684. The van der Waals surface area contributed by atoms with Gasteiger partial charge in [0.25, 0.3) is 0 Å². The number of aliphatic hydroxyl groups excluding tert-OH is 1. The smallest absolute Gasteiger partial charge is 0.184 e. The van der Waals surface area contributed by atoms with E-state index >= 15 is 0 Å². The Bertz CT molecular complexity index is 392. The highest BCUT2D eigenvalue weighted by atomic mass is 16.7. The Morgan fingerprint density at radius 3 is 2.67 bits per heavy atom. The minimum atomic E-state index is -0.458. The van der Waals surface area contributed by atoms with Gasteiger partial charge in [0.2, 0.25) is 0 Å². The summed E-state index contributed by atoms with van der Waals surface area (Å²) < 4.78 is 17.2. The summed E-state index contributed by atoms with van der Waals surface area (Å²) in [4.78, 5) is 0. The highest BCUT2D eigenvalue weighted by Crippen LogP contribution is 2.34. The van der Waals surface area contributed by atoms with E-state index in [1.54, 1.807) is 0 Å². The van der Waals surface area contributed by atoms with Crippen LogP contribution in [0, 0.1) is 5.92 Å². The van der Waals surface area contributed by atoms with Crippen LogP contribution >= 0.6 is 0 Å².